The topological polar surface area (TPSA) is 24.9 Å². The third-order valence-electron chi connectivity index (χ3n) is 4.39. The lowest BCUT2D eigenvalue weighted by atomic mass is 9.84. The summed E-state index contributed by atoms with van der Waals surface area (Å²) in [6.45, 7) is 5.13. The molecule has 2 rings (SSSR count). The number of rotatable bonds is 5. The van der Waals surface area contributed by atoms with Crippen LogP contribution in [-0.2, 0) is 0 Å². The Morgan fingerprint density at radius 3 is 2.74 bits per heavy atom. The molecule has 1 atom stereocenters. The van der Waals surface area contributed by atoms with Gasteiger partial charge in [-0.2, -0.15) is 0 Å². The minimum atomic E-state index is -0.188. The molecule has 0 aromatic carbocycles. The molecule has 0 aliphatic heterocycles. The van der Waals surface area contributed by atoms with Gasteiger partial charge in [0.2, 0.25) is 0 Å². The second kappa shape index (κ2) is 6.99. The van der Waals surface area contributed by atoms with Gasteiger partial charge in [0.05, 0.1) is 5.69 Å². The highest BCUT2D eigenvalue weighted by Gasteiger charge is 2.20. The molecule has 3 heteroatoms. The van der Waals surface area contributed by atoms with E-state index in [1.165, 1.54) is 38.2 Å². The molecule has 19 heavy (non-hydrogen) atoms. The minimum absolute atomic E-state index is 0.130. The fourth-order valence-corrected chi connectivity index (χ4v) is 2.98. The van der Waals surface area contributed by atoms with E-state index in [0.29, 0.717) is 11.7 Å². The highest BCUT2D eigenvalue weighted by molar-refractivity contribution is 5.11. The molecular formula is C16H25FN2. The molecule has 1 aromatic rings. The second-order valence-corrected chi connectivity index (χ2v) is 5.81. The van der Waals surface area contributed by atoms with Crippen LogP contribution in [0, 0.1) is 11.7 Å². The van der Waals surface area contributed by atoms with Crippen molar-refractivity contribution in [1.29, 1.82) is 0 Å². The maximum Gasteiger partial charge on any atom is 0.145 e. The molecule has 1 unspecified atom stereocenters. The van der Waals surface area contributed by atoms with Crippen molar-refractivity contribution >= 4 is 0 Å². The van der Waals surface area contributed by atoms with Crippen molar-refractivity contribution in [2.24, 2.45) is 5.92 Å². The third kappa shape index (κ3) is 4.00. The van der Waals surface area contributed by atoms with Gasteiger partial charge in [-0.25, -0.2) is 4.39 Å². The van der Waals surface area contributed by atoms with E-state index in [2.05, 4.69) is 17.2 Å². The van der Waals surface area contributed by atoms with E-state index in [4.69, 9.17) is 0 Å². The first kappa shape index (κ1) is 14.4. The summed E-state index contributed by atoms with van der Waals surface area (Å²) < 4.78 is 13.6. The van der Waals surface area contributed by atoms with Crippen molar-refractivity contribution in [3.63, 3.8) is 0 Å². The van der Waals surface area contributed by atoms with E-state index in [-0.39, 0.29) is 11.7 Å². The molecule has 1 saturated carbocycles. The Balaban J connectivity index is 1.78. The molecule has 1 aliphatic rings. The van der Waals surface area contributed by atoms with Crippen molar-refractivity contribution < 1.29 is 4.39 Å². The minimum Gasteiger partial charge on any atom is -0.313 e. The Bertz CT molecular complexity index is 386. The Hall–Kier alpha value is -0.960. The molecule has 1 heterocycles. The van der Waals surface area contributed by atoms with Gasteiger partial charge in [0.25, 0.3) is 0 Å². The van der Waals surface area contributed by atoms with Gasteiger partial charge in [0.1, 0.15) is 5.82 Å². The number of nitrogens with one attached hydrogen (secondary N) is 1. The lowest BCUT2D eigenvalue weighted by molar-refractivity contribution is 0.283. The van der Waals surface area contributed by atoms with E-state index in [1.54, 1.807) is 12.3 Å². The lowest BCUT2D eigenvalue weighted by Gasteiger charge is -2.29. The first-order valence-electron chi connectivity index (χ1n) is 7.54. The average molecular weight is 264 g/mol. The Morgan fingerprint density at radius 1 is 1.37 bits per heavy atom. The number of hydrogen-bond acceptors (Lipinski definition) is 2. The zero-order valence-corrected chi connectivity index (χ0v) is 12.0. The Morgan fingerprint density at radius 2 is 2.11 bits per heavy atom. The van der Waals surface area contributed by atoms with Crippen LogP contribution in [0.15, 0.2) is 18.3 Å². The molecule has 0 saturated heterocycles. The number of nitrogens with zero attached hydrogens (tertiary/aromatic N) is 1. The van der Waals surface area contributed by atoms with E-state index < -0.39 is 0 Å². The fraction of sp³-hybridized carbons (Fsp3) is 0.688. The van der Waals surface area contributed by atoms with E-state index in [1.807, 2.05) is 6.92 Å². The number of halogens is 1. The largest absolute Gasteiger partial charge is 0.313 e. The highest BCUT2D eigenvalue weighted by Crippen LogP contribution is 2.26. The highest BCUT2D eigenvalue weighted by atomic mass is 19.1. The quantitative estimate of drug-likeness (QED) is 0.873. The van der Waals surface area contributed by atoms with Crippen LogP contribution in [-0.4, -0.2) is 17.6 Å². The summed E-state index contributed by atoms with van der Waals surface area (Å²) in [4.78, 5) is 4.15. The van der Waals surface area contributed by atoms with Crippen molar-refractivity contribution in [1.82, 2.24) is 10.3 Å². The van der Waals surface area contributed by atoms with Gasteiger partial charge in [-0.15, -0.1) is 0 Å². The van der Waals surface area contributed by atoms with E-state index in [0.717, 1.165) is 12.5 Å². The van der Waals surface area contributed by atoms with Crippen LogP contribution in [0.25, 0.3) is 0 Å². The molecule has 0 radical (unpaired) electrons. The molecule has 1 fully saturated rings. The fourth-order valence-electron chi connectivity index (χ4n) is 2.98. The zero-order valence-electron chi connectivity index (χ0n) is 12.0. The maximum absolute atomic E-state index is 13.6. The van der Waals surface area contributed by atoms with Gasteiger partial charge in [-0.3, -0.25) is 4.98 Å². The smallest absolute Gasteiger partial charge is 0.145 e. The van der Waals surface area contributed by atoms with Gasteiger partial charge in [-0.1, -0.05) is 20.3 Å². The first-order valence-corrected chi connectivity index (χ1v) is 7.54. The van der Waals surface area contributed by atoms with Crippen LogP contribution in [0.1, 0.15) is 57.6 Å². The normalized spacial score (nSPS) is 25.2. The predicted octanol–water partition coefficient (Wildman–Crippen LogP) is 3.88. The van der Waals surface area contributed by atoms with Crippen molar-refractivity contribution in [3.8, 4) is 0 Å². The third-order valence-corrected chi connectivity index (χ3v) is 4.39. The van der Waals surface area contributed by atoms with Crippen molar-refractivity contribution in [3.05, 3.63) is 29.8 Å². The first-order chi connectivity index (χ1) is 9.20. The molecular weight excluding hydrogens is 239 g/mol. The van der Waals surface area contributed by atoms with Gasteiger partial charge in [0, 0.05) is 24.7 Å². The Kier molecular flexibility index (Phi) is 5.32. The molecule has 1 aliphatic carbocycles. The van der Waals surface area contributed by atoms with Crippen molar-refractivity contribution in [2.75, 3.05) is 6.54 Å². The van der Waals surface area contributed by atoms with E-state index in [9.17, 15) is 4.39 Å². The van der Waals surface area contributed by atoms with Gasteiger partial charge in [0.15, 0.2) is 0 Å². The lowest BCUT2D eigenvalue weighted by Crippen LogP contribution is -2.35. The summed E-state index contributed by atoms with van der Waals surface area (Å²) >= 11 is 0. The number of aromatic nitrogens is 1. The summed E-state index contributed by atoms with van der Waals surface area (Å²) in [7, 11) is 0. The zero-order chi connectivity index (χ0) is 13.7. The van der Waals surface area contributed by atoms with Gasteiger partial charge in [-0.05, 0) is 43.7 Å². The summed E-state index contributed by atoms with van der Waals surface area (Å²) in [6, 6.07) is 3.74. The predicted molar refractivity (Wildman–Crippen MR) is 76.6 cm³/mol. The van der Waals surface area contributed by atoms with Gasteiger partial charge >= 0.3 is 0 Å². The molecule has 0 bridgehead atoms. The standard InChI is InChI=1S/C16H25FN2/c1-3-13-6-8-14(9-7-13)19-11-12(2)16-15(17)5-4-10-18-16/h4-5,10,12-14,19H,3,6-9,11H2,1-2H3. The number of hydrogen-bond donors (Lipinski definition) is 1. The second-order valence-electron chi connectivity index (χ2n) is 5.81. The van der Waals surface area contributed by atoms with Crippen LogP contribution in [0.5, 0.6) is 0 Å². The summed E-state index contributed by atoms with van der Waals surface area (Å²) in [5.74, 6) is 0.861. The average Bonchev–Trinajstić information content (AvgIpc) is 2.46. The summed E-state index contributed by atoms with van der Waals surface area (Å²) in [6.07, 6.45) is 8.16. The summed E-state index contributed by atoms with van der Waals surface area (Å²) in [5, 5.41) is 3.59. The molecule has 106 valence electrons. The molecule has 2 nitrogen and oxygen atoms in total. The van der Waals surface area contributed by atoms with Crippen LogP contribution in [0.3, 0.4) is 0 Å². The van der Waals surface area contributed by atoms with Crippen LogP contribution in [0.2, 0.25) is 0 Å². The Labute approximate surface area is 115 Å². The van der Waals surface area contributed by atoms with Crippen LogP contribution in [0.4, 0.5) is 4.39 Å². The van der Waals surface area contributed by atoms with Crippen LogP contribution < -0.4 is 5.32 Å². The molecule has 1 aromatic heterocycles. The van der Waals surface area contributed by atoms with Gasteiger partial charge < -0.3 is 5.32 Å². The maximum atomic E-state index is 13.6. The molecule has 0 spiro atoms. The van der Waals surface area contributed by atoms with E-state index >= 15 is 0 Å². The summed E-state index contributed by atoms with van der Waals surface area (Å²) in [5.41, 5.74) is 0.581. The van der Waals surface area contributed by atoms with Crippen molar-refractivity contribution in [2.45, 2.75) is 57.9 Å². The SMILES string of the molecule is CCC1CCC(NCC(C)c2ncccc2F)CC1. The monoisotopic (exact) mass is 264 g/mol. The van der Waals surface area contributed by atoms with Crippen LogP contribution >= 0.6 is 0 Å². The molecule has 0 amide bonds. The molecule has 1 N–H and O–H groups in total. The number of pyridine rings is 1.